The minimum atomic E-state index is -1.05. The molecule has 0 aromatic heterocycles. The fourth-order valence-corrected chi connectivity index (χ4v) is 1.13. The summed E-state index contributed by atoms with van der Waals surface area (Å²) in [4.78, 5) is 0. The minimum Gasteiger partial charge on any atom is -0.504 e. The van der Waals surface area contributed by atoms with Crippen LogP contribution in [0.3, 0.4) is 0 Å². The molecule has 0 aliphatic rings. The van der Waals surface area contributed by atoms with Gasteiger partial charge in [-0.05, 0) is 19.2 Å². The third-order valence-electron chi connectivity index (χ3n) is 1.88. The largest absolute Gasteiger partial charge is 0.504 e. The number of likely N-dealkylation sites (N-methyl/N-ethyl adjacent to an activating group) is 1. The van der Waals surface area contributed by atoms with E-state index in [1.165, 1.54) is 6.07 Å². The first-order chi connectivity index (χ1) is 6.57. The predicted octanol–water partition coefficient (Wildman–Crippen LogP) is 1.13. The monoisotopic (exact) mass is 217 g/mol. The zero-order valence-corrected chi connectivity index (χ0v) is 7.66. The molecule has 1 aromatic rings. The molecule has 0 spiro atoms. The van der Waals surface area contributed by atoms with Gasteiger partial charge in [-0.2, -0.15) is 0 Å². The van der Waals surface area contributed by atoms with Gasteiger partial charge in [-0.25, -0.2) is 4.39 Å². The average molecular weight is 217 g/mol. The van der Waals surface area contributed by atoms with E-state index in [0.29, 0.717) is 0 Å². The van der Waals surface area contributed by atoms with Crippen LogP contribution in [-0.2, 0) is 0 Å². The second-order valence-corrected chi connectivity index (χ2v) is 2.91. The van der Waals surface area contributed by atoms with E-state index < -0.39 is 23.4 Å². The molecule has 0 saturated heterocycles. The van der Waals surface area contributed by atoms with Crippen molar-refractivity contribution >= 4 is 0 Å². The van der Waals surface area contributed by atoms with Crippen LogP contribution in [0.25, 0.3) is 0 Å². The summed E-state index contributed by atoms with van der Waals surface area (Å²) >= 11 is 0. The number of phenolic OH excluding ortho intramolecular Hbond substituents is 2. The van der Waals surface area contributed by atoms with Gasteiger partial charge in [0.05, 0.1) is 6.10 Å². The molecule has 0 heterocycles. The summed E-state index contributed by atoms with van der Waals surface area (Å²) in [5.41, 5.74) is -0.0466. The molecular formula is C10H16FNO3. The Morgan fingerprint density at radius 1 is 1.40 bits per heavy atom. The van der Waals surface area contributed by atoms with Crippen molar-refractivity contribution in [2.24, 2.45) is 0 Å². The minimum absolute atomic E-state index is 0. The lowest BCUT2D eigenvalue weighted by Crippen LogP contribution is -2.17. The van der Waals surface area contributed by atoms with Crippen LogP contribution >= 0.6 is 0 Å². The molecule has 0 radical (unpaired) electrons. The first-order valence-electron chi connectivity index (χ1n) is 4.11. The van der Waals surface area contributed by atoms with Gasteiger partial charge in [-0.15, -0.1) is 0 Å². The van der Waals surface area contributed by atoms with Crippen LogP contribution in [0.4, 0.5) is 4.39 Å². The molecule has 0 saturated carbocycles. The molecule has 0 amide bonds. The number of benzene rings is 1. The van der Waals surface area contributed by atoms with Crippen molar-refractivity contribution in [3.8, 4) is 11.5 Å². The maximum Gasteiger partial charge on any atom is 0.194 e. The highest BCUT2D eigenvalue weighted by molar-refractivity contribution is 5.43. The fourth-order valence-electron chi connectivity index (χ4n) is 1.13. The number of nitrogens with one attached hydrogen (secondary N) is 1. The first kappa shape index (κ1) is 13.7. The van der Waals surface area contributed by atoms with Crippen LogP contribution in [0, 0.1) is 5.82 Å². The van der Waals surface area contributed by atoms with Crippen molar-refractivity contribution in [1.29, 1.82) is 0 Å². The standard InChI is InChI=1S/C9H12FNO3.CH4/c1-11-4-7(13)5-2-3-6(12)9(14)8(5)10;/h2-3,7,11-14H,4H2,1H3;1H4/t7-;/m0./s1. The summed E-state index contributed by atoms with van der Waals surface area (Å²) < 4.78 is 13.2. The van der Waals surface area contributed by atoms with Crippen molar-refractivity contribution in [3.63, 3.8) is 0 Å². The van der Waals surface area contributed by atoms with Gasteiger partial charge in [0.2, 0.25) is 0 Å². The van der Waals surface area contributed by atoms with Gasteiger partial charge >= 0.3 is 0 Å². The van der Waals surface area contributed by atoms with Gasteiger partial charge in [-0.3, -0.25) is 0 Å². The smallest absolute Gasteiger partial charge is 0.194 e. The van der Waals surface area contributed by atoms with Crippen LogP contribution in [0.1, 0.15) is 19.1 Å². The maximum atomic E-state index is 13.2. The van der Waals surface area contributed by atoms with Crippen molar-refractivity contribution in [2.75, 3.05) is 13.6 Å². The van der Waals surface area contributed by atoms with E-state index in [4.69, 9.17) is 10.2 Å². The van der Waals surface area contributed by atoms with Crippen molar-refractivity contribution in [3.05, 3.63) is 23.5 Å². The highest BCUT2D eigenvalue weighted by Gasteiger charge is 2.17. The van der Waals surface area contributed by atoms with Crippen molar-refractivity contribution < 1.29 is 19.7 Å². The van der Waals surface area contributed by atoms with Crippen LogP contribution in [0.2, 0.25) is 0 Å². The molecule has 1 rings (SSSR count). The Morgan fingerprint density at radius 2 is 2.00 bits per heavy atom. The maximum absolute atomic E-state index is 13.2. The summed E-state index contributed by atoms with van der Waals surface area (Å²) in [5.74, 6) is -2.37. The summed E-state index contributed by atoms with van der Waals surface area (Å²) in [5, 5.41) is 30.1. The summed E-state index contributed by atoms with van der Waals surface area (Å²) in [6.45, 7) is 0.168. The number of hydrogen-bond donors (Lipinski definition) is 4. The SMILES string of the molecule is C.CNC[C@H](O)c1ccc(O)c(O)c1F. The Bertz CT molecular complexity index is 331. The number of phenols is 2. The number of aliphatic hydroxyl groups is 1. The summed E-state index contributed by atoms with van der Waals surface area (Å²) in [6.07, 6.45) is -1.05. The van der Waals surface area contributed by atoms with Crippen LogP contribution < -0.4 is 5.32 Å². The number of halogens is 1. The third-order valence-corrected chi connectivity index (χ3v) is 1.88. The van der Waals surface area contributed by atoms with Crippen molar-refractivity contribution in [2.45, 2.75) is 13.5 Å². The van der Waals surface area contributed by atoms with Gasteiger partial charge in [-0.1, -0.05) is 7.43 Å². The van der Waals surface area contributed by atoms with Gasteiger partial charge in [0, 0.05) is 12.1 Å². The second kappa shape index (κ2) is 5.53. The van der Waals surface area contributed by atoms with Gasteiger partial charge in [0.15, 0.2) is 17.3 Å². The molecule has 5 heteroatoms. The first-order valence-corrected chi connectivity index (χ1v) is 4.11. The molecule has 0 bridgehead atoms. The topological polar surface area (TPSA) is 72.7 Å². The molecule has 0 unspecified atom stereocenters. The molecule has 0 fully saturated rings. The number of hydrogen-bond acceptors (Lipinski definition) is 4. The second-order valence-electron chi connectivity index (χ2n) is 2.91. The van der Waals surface area contributed by atoms with Gasteiger partial charge in [0.25, 0.3) is 0 Å². The quantitative estimate of drug-likeness (QED) is 0.573. The van der Waals surface area contributed by atoms with Crippen LogP contribution in [0.5, 0.6) is 11.5 Å². The molecule has 4 nitrogen and oxygen atoms in total. The number of rotatable bonds is 3. The molecule has 0 aliphatic carbocycles. The van der Waals surface area contributed by atoms with E-state index >= 15 is 0 Å². The third kappa shape index (κ3) is 2.81. The molecule has 0 aliphatic heterocycles. The summed E-state index contributed by atoms with van der Waals surface area (Å²) in [6, 6.07) is 2.36. The van der Waals surface area contributed by atoms with E-state index in [0.717, 1.165) is 6.07 Å². The highest BCUT2D eigenvalue weighted by Crippen LogP contribution is 2.32. The fraction of sp³-hybridized carbons (Fsp3) is 0.400. The van der Waals surface area contributed by atoms with E-state index in [-0.39, 0.29) is 19.5 Å². The number of aromatic hydroxyl groups is 2. The predicted molar refractivity (Wildman–Crippen MR) is 55.3 cm³/mol. The average Bonchev–Trinajstić information content (AvgIpc) is 2.15. The van der Waals surface area contributed by atoms with E-state index in [1.807, 2.05) is 0 Å². The van der Waals surface area contributed by atoms with Gasteiger partial charge < -0.3 is 20.6 Å². The molecule has 86 valence electrons. The summed E-state index contributed by atoms with van der Waals surface area (Å²) in [7, 11) is 1.61. The molecule has 4 N–H and O–H groups in total. The van der Waals surface area contributed by atoms with Gasteiger partial charge in [0.1, 0.15) is 0 Å². The Morgan fingerprint density at radius 3 is 2.53 bits per heavy atom. The molecule has 1 aromatic carbocycles. The van der Waals surface area contributed by atoms with E-state index in [9.17, 15) is 9.50 Å². The Kier molecular flexibility index (Phi) is 5.04. The highest BCUT2D eigenvalue weighted by atomic mass is 19.1. The zero-order chi connectivity index (χ0) is 10.7. The normalized spacial score (nSPS) is 11.9. The number of aliphatic hydroxyl groups excluding tert-OH is 1. The van der Waals surface area contributed by atoms with Crippen molar-refractivity contribution in [1.82, 2.24) is 5.32 Å². The molecular weight excluding hydrogens is 201 g/mol. The molecule has 1 atom stereocenters. The zero-order valence-electron chi connectivity index (χ0n) is 7.66. The van der Waals surface area contributed by atoms with E-state index in [1.54, 1.807) is 7.05 Å². The van der Waals surface area contributed by atoms with Crippen LogP contribution in [-0.4, -0.2) is 28.9 Å². The lowest BCUT2D eigenvalue weighted by Gasteiger charge is -2.12. The lowest BCUT2D eigenvalue weighted by molar-refractivity contribution is 0.171. The van der Waals surface area contributed by atoms with Crippen LogP contribution in [0.15, 0.2) is 12.1 Å². The lowest BCUT2D eigenvalue weighted by atomic mass is 10.1. The Hall–Kier alpha value is -1.33. The van der Waals surface area contributed by atoms with E-state index in [2.05, 4.69) is 5.32 Å². The Labute approximate surface area is 88.0 Å². The Balaban J connectivity index is 0.00000196. The molecule has 15 heavy (non-hydrogen) atoms.